The highest BCUT2D eigenvalue weighted by Gasteiger charge is 2.34. The quantitative estimate of drug-likeness (QED) is 0.381. The molecule has 0 atom stereocenters. The Labute approximate surface area is 199 Å². The molecule has 31 heavy (non-hydrogen) atoms. The fraction of sp³-hybridized carbons (Fsp3) is 0.227. The Morgan fingerprint density at radius 1 is 1.23 bits per heavy atom. The van der Waals surface area contributed by atoms with Crippen molar-refractivity contribution in [3.05, 3.63) is 63.0 Å². The van der Waals surface area contributed by atoms with Gasteiger partial charge in [0.1, 0.15) is 0 Å². The van der Waals surface area contributed by atoms with Crippen LogP contribution < -0.4 is 14.9 Å². The lowest BCUT2D eigenvalue weighted by Crippen LogP contribution is -2.44. The summed E-state index contributed by atoms with van der Waals surface area (Å²) in [6, 6.07) is 12.3. The minimum atomic E-state index is -0.406. The van der Waals surface area contributed by atoms with E-state index in [1.165, 1.54) is 0 Å². The maximum absolute atomic E-state index is 12.9. The van der Waals surface area contributed by atoms with Gasteiger partial charge in [-0.2, -0.15) is 5.01 Å². The SMILES string of the molecule is CCCOc1c(Br)cc(C=C2SC(=S)N(NC(=O)c3ccccc3)C2=O)cc1OCC. The zero-order valence-corrected chi connectivity index (χ0v) is 20.2. The van der Waals surface area contributed by atoms with Crippen LogP contribution in [0.4, 0.5) is 0 Å². The summed E-state index contributed by atoms with van der Waals surface area (Å²) in [6.07, 6.45) is 2.59. The molecule has 9 heteroatoms. The highest BCUT2D eigenvalue weighted by molar-refractivity contribution is 9.10. The van der Waals surface area contributed by atoms with E-state index >= 15 is 0 Å². The van der Waals surface area contributed by atoms with E-state index in [1.807, 2.05) is 32.0 Å². The molecule has 0 radical (unpaired) electrons. The van der Waals surface area contributed by atoms with Gasteiger partial charge in [0.05, 0.1) is 22.6 Å². The van der Waals surface area contributed by atoms with Crippen molar-refractivity contribution in [3.8, 4) is 11.5 Å². The fourth-order valence-corrected chi connectivity index (χ4v) is 4.50. The summed E-state index contributed by atoms with van der Waals surface area (Å²) in [5, 5.41) is 1.10. The summed E-state index contributed by atoms with van der Waals surface area (Å²) in [7, 11) is 0. The number of hydrogen-bond donors (Lipinski definition) is 1. The van der Waals surface area contributed by atoms with E-state index in [4.69, 9.17) is 21.7 Å². The Balaban J connectivity index is 1.82. The van der Waals surface area contributed by atoms with E-state index in [9.17, 15) is 9.59 Å². The molecule has 1 N–H and O–H groups in total. The van der Waals surface area contributed by atoms with Crippen LogP contribution in [0.25, 0.3) is 6.08 Å². The fourth-order valence-electron chi connectivity index (χ4n) is 2.75. The van der Waals surface area contributed by atoms with Crippen molar-refractivity contribution >= 4 is 62.1 Å². The second-order valence-electron chi connectivity index (χ2n) is 6.44. The first-order valence-electron chi connectivity index (χ1n) is 9.67. The normalized spacial score (nSPS) is 14.8. The number of rotatable bonds is 8. The molecule has 6 nitrogen and oxygen atoms in total. The molecule has 1 aliphatic rings. The molecule has 0 saturated carbocycles. The van der Waals surface area contributed by atoms with E-state index in [0.717, 1.165) is 33.2 Å². The summed E-state index contributed by atoms with van der Waals surface area (Å²) < 4.78 is 12.5. The average molecular weight is 521 g/mol. The predicted octanol–water partition coefficient (Wildman–Crippen LogP) is 5.18. The molecule has 1 fully saturated rings. The Kier molecular flexibility index (Phi) is 8.11. The van der Waals surface area contributed by atoms with Crippen LogP contribution in [-0.2, 0) is 4.79 Å². The monoisotopic (exact) mass is 520 g/mol. The van der Waals surface area contributed by atoms with Gasteiger partial charge in [-0.1, -0.05) is 36.9 Å². The summed E-state index contributed by atoms with van der Waals surface area (Å²) in [5.41, 5.74) is 3.76. The van der Waals surface area contributed by atoms with E-state index in [2.05, 4.69) is 21.4 Å². The molecule has 1 saturated heterocycles. The number of benzene rings is 2. The van der Waals surface area contributed by atoms with Gasteiger partial charge in [0, 0.05) is 5.56 Å². The van der Waals surface area contributed by atoms with Crippen LogP contribution >= 0.6 is 39.9 Å². The van der Waals surface area contributed by atoms with E-state index in [0.29, 0.717) is 35.2 Å². The highest BCUT2D eigenvalue weighted by atomic mass is 79.9. The van der Waals surface area contributed by atoms with Gasteiger partial charge in [0.15, 0.2) is 15.8 Å². The molecule has 1 heterocycles. The van der Waals surface area contributed by atoms with Crippen LogP contribution in [-0.4, -0.2) is 34.4 Å². The van der Waals surface area contributed by atoms with Gasteiger partial charge in [0.2, 0.25) is 0 Å². The minimum absolute atomic E-state index is 0.257. The Bertz CT molecular complexity index is 1030. The molecule has 0 spiro atoms. The number of ether oxygens (including phenoxy) is 2. The molecule has 162 valence electrons. The molecule has 0 unspecified atom stereocenters. The predicted molar refractivity (Wildman–Crippen MR) is 130 cm³/mol. The number of amides is 2. The van der Waals surface area contributed by atoms with Crippen molar-refractivity contribution in [1.29, 1.82) is 0 Å². The van der Waals surface area contributed by atoms with E-state index in [1.54, 1.807) is 30.3 Å². The third kappa shape index (κ3) is 5.66. The van der Waals surface area contributed by atoms with Gasteiger partial charge in [-0.05, 0) is 77.4 Å². The molecule has 2 aromatic carbocycles. The van der Waals surface area contributed by atoms with Crippen LogP contribution in [0.3, 0.4) is 0 Å². The van der Waals surface area contributed by atoms with Gasteiger partial charge < -0.3 is 9.47 Å². The highest BCUT2D eigenvalue weighted by Crippen LogP contribution is 2.39. The van der Waals surface area contributed by atoms with Crippen LogP contribution in [0.5, 0.6) is 11.5 Å². The second-order valence-corrected chi connectivity index (χ2v) is 8.97. The van der Waals surface area contributed by atoms with Crippen molar-refractivity contribution in [2.45, 2.75) is 20.3 Å². The van der Waals surface area contributed by atoms with Crippen LogP contribution in [0, 0.1) is 0 Å². The zero-order chi connectivity index (χ0) is 22.4. The summed E-state index contributed by atoms with van der Waals surface area (Å²) in [6.45, 7) is 4.97. The van der Waals surface area contributed by atoms with Gasteiger partial charge in [-0.3, -0.25) is 15.0 Å². The second kappa shape index (κ2) is 10.8. The van der Waals surface area contributed by atoms with Crippen molar-refractivity contribution in [1.82, 2.24) is 10.4 Å². The van der Waals surface area contributed by atoms with E-state index < -0.39 is 5.91 Å². The summed E-state index contributed by atoms with van der Waals surface area (Å²) >= 11 is 9.95. The van der Waals surface area contributed by atoms with Crippen molar-refractivity contribution in [3.63, 3.8) is 0 Å². The summed E-state index contributed by atoms with van der Waals surface area (Å²) in [5.74, 6) is 0.421. The number of hydrogen-bond acceptors (Lipinski definition) is 6. The summed E-state index contributed by atoms with van der Waals surface area (Å²) in [4.78, 5) is 25.7. The standard InChI is InChI=1S/C22H21BrN2O4S2/c1-3-10-29-19-16(23)11-14(12-17(19)28-4-2)13-18-21(27)25(22(30)31-18)24-20(26)15-8-6-5-7-9-15/h5-9,11-13H,3-4,10H2,1-2H3,(H,24,26). The lowest BCUT2D eigenvalue weighted by Gasteiger charge is -2.15. The first-order valence-corrected chi connectivity index (χ1v) is 11.7. The first-order chi connectivity index (χ1) is 14.9. The molecule has 1 aliphatic heterocycles. The third-order valence-electron chi connectivity index (χ3n) is 4.12. The largest absolute Gasteiger partial charge is 0.490 e. The number of thioether (sulfide) groups is 1. The number of hydrazine groups is 1. The van der Waals surface area contributed by atoms with Gasteiger partial charge in [0.25, 0.3) is 11.8 Å². The van der Waals surface area contributed by atoms with Crippen LogP contribution in [0.2, 0.25) is 0 Å². The lowest BCUT2D eigenvalue weighted by molar-refractivity contribution is -0.123. The van der Waals surface area contributed by atoms with Crippen molar-refractivity contribution in [2.24, 2.45) is 0 Å². The minimum Gasteiger partial charge on any atom is -0.490 e. The van der Waals surface area contributed by atoms with Crippen molar-refractivity contribution < 1.29 is 19.1 Å². The molecule has 2 amide bonds. The molecule has 0 aromatic heterocycles. The molecule has 2 aromatic rings. The number of carbonyl (C=O) groups is 2. The zero-order valence-electron chi connectivity index (χ0n) is 17.0. The molecular formula is C22H21BrN2O4S2. The smallest absolute Gasteiger partial charge is 0.285 e. The first kappa shape index (κ1) is 23.3. The molecular weight excluding hydrogens is 500 g/mol. The molecule has 0 aliphatic carbocycles. The number of nitrogens with one attached hydrogen (secondary N) is 1. The average Bonchev–Trinajstić information content (AvgIpc) is 3.01. The maximum atomic E-state index is 12.9. The number of thiocarbonyl (C=S) groups is 1. The van der Waals surface area contributed by atoms with E-state index in [-0.39, 0.29) is 10.2 Å². The Morgan fingerprint density at radius 3 is 2.65 bits per heavy atom. The number of nitrogens with zero attached hydrogens (tertiary/aromatic N) is 1. The van der Waals surface area contributed by atoms with Crippen LogP contribution in [0.1, 0.15) is 36.2 Å². The lowest BCUT2D eigenvalue weighted by atomic mass is 10.2. The van der Waals surface area contributed by atoms with Gasteiger partial charge >= 0.3 is 0 Å². The van der Waals surface area contributed by atoms with Gasteiger partial charge in [-0.15, -0.1) is 0 Å². The third-order valence-corrected chi connectivity index (χ3v) is 6.01. The molecule has 0 bridgehead atoms. The number of halogens is 1. The topological polar surface area (TPSA) is 67.9 Å². The molecule has 3 rings (SSSR count). The number of carbonyl (C=O) groups excluding carboxylic acids is 2. The van der Waals surface area contributed by atoms with Gasteiger partial charge in [-0.25, -0.2) is 0 Å². The maximum Gasteiger partial charge on any atom is 0.285 e. The van der Waals surface area contributed by atoms with Crippen LogP contribution in [0.15, 0.2) is 51.8 Å². The van der Waals surface area contributed by atoms with Crippen molar-refractivity contribution in [2.75, 3.05) is 13.2 Å². The Morgan fingerprint density at radius 2 is 1.97 bits per heavy atom. The Hall–Kier alpha value is -2.36.